The normalized spacial score (nSPS) is 8.50. The van der Waals surface area contributed by atoms with Crippen LogP contribution in [0.5, 0.6) is 0 Å². The molecule has 0 aliphatic rings. The van der Waals surface area contributed by atoms with Gasteiger partial charge in [-0.05, 0) is 18.2 Å². The number of nitriles is 2. The second-order valence-electron chi connectivity index (χ2n) is 2.42. The standard InChI is InChI=1S/C9H5N3O2/c10-4-7-2-1-6(9(13)12-14)3-8(7)5-11/h1-3,14H,(H,12,13). The zero-order chi connectivity index (χ0) is 10.6. The fourth-order valence-electron chi connectivity index (χ4n) is 0.940. The number of carbonyl (C=O) groups is 1. The Kier molecular flexibility index (Phi) is 2.80. The third kappa shape index (κ3) is 1.69. The second-order valence-corrected chi connectivity index (χ2v) is 2.42. The van der Waals surface area contributed by atoms with Gasteiger partial charge in [-0.15, -0.1) is 0 Å². The van der Waals surface area contributed by atoms with Crippen LogP contribution < -0.4 is 5.48 Å². The molecule has 68 valence electrons. The number of hydroxylamine groups is 1. The van der Waals surface area contributed by atoms with Crippen molar-refractivity contribution >= 4 is 5.91 Å². The molecule has 0 saturated heterocycles. The van der Waals surface area contributed by atoms with E-state index < -0.39 is 5.91 Å². The van der Waals surface area contributed by atoms with E-state index in [2.05, 4.69) is 0 Å². The molecule has 0 aromatic heterocycles. The summed E-state index contributed by atoms with van der Waals surface area (Å²) in [5, 5.41) is 25.5. The number of benzene rings is 1. The monoisotopic (exact) mass is 187 g/mol. The van der Waals surface area contributed by atoms with Gasteiger partial charge in [0.2, 0.25) is 0 Å². The van der Waals surface area contributed by atoms with E-state index in [4.69, 9.17) is 15.7 Å². The van der Waals surface area contributed by atoms with Crippen molar-refractivity contribution in [2.45, 2.75) is 0 Å². The molecule has 0 heterocycles. The van der Waals surface area contributed by atoms with Gasteiger partial charge in [0.25, 0.3) is 5.91 Å². The van der Waals surface area contributed by atoms with Crippen LogP contribution in [0.1, 0.15) is 21.5 Å². The van der Waals surface area contributed by atoms with Gasteiger partial charge in [-0.3, -0.25) is 10.0 Å². The van der Waals surface area contributed by atoms with Crippen LogP contribution in [-0.4, -0.2) is 11.1 Å². The van der Waals surface area contributed by atoms with Gasteiger partial charge in [-0.25, -0.2) is 5.48 Å². The fraction of sp³-hybridized carbons (Fsp3) is 0. The lowest BCUT2D eigenvalue weighted by molar-refractivity contribution is 0.0706. The summed E-state index contributed by atoms with van der Waals surface area (Å²) in [6.45, 7) is 0. The van der Waals surface area contributed by atoms with Crippen molar-refractivity contribution in [3.63, 3.8) is 0 Å². The van der Waals surface area contributed by atoms with Gasteiger partial charge in [-0.1, -0.05) is 0 Å². The molecule has 1 amide bonds. The highest BCUT2D eigenvalue weighted by Gasteiger charge is 2.07. The molecule has 14 heavy (non-hydrogen) atoms. The van der Waals surface area contributed by atoms with Gasteiger partial charge in [0.05, 0.1) is 11.1 Å². The van der Waals surface area contributed by atoms with Crippen LogP contribution in [0.4, 0.5) is 0 Å². The van der Waals surface area contributed by atoms with Gasteiger partial charge in [0.1, 0.15) is 12.1 Å². The smallest absolute Gasteiger partial charge is 0.274 e. The van der Waals surface area contributed by atoms with Crippen LogP contribution in [0.3, 0.4) is 0 Å². The summed E-state index contributed by atoms with van der Waals surface area (Å²) in [6, 6.07) is 7.54. The molecule has 0 aliphatic heterocycles. The highest BCUT2D eigenvalue weighted by Crippen LogP contribution is 2.09. The Morgan fingerprint density at radius 1 is 1.29 bits per heavy atom. The summed E-state index contributed by atoms with van der Waals surface area (Å²) in [7, 11) is 0. The first-order chi connectivity index (χ1) is 6.72. The fourth-order valence-corrected chi connectivity index (χ4v) is 0.940. The van der Waals surface area contributed by atoms with Crippen LogP contribution in [0.25, 0.3) is 0 Å². The van der Waals surface area contributed by atoms with E-state index in [9.17, 15) is 4.79 Å². The van der Waals surface area contributed by atoms with Crippen molar-refractivity contribution in [2.24, 2.45) is 0 Å². The van der Waals surface area contributed by atoms with Crippen molar-refractivity contribution in [2.75, 3.05) is 0 Å². The summed E-state index contributed by atoms with van der Waals surface area (Å²) >= 11 is 0. The minimum Gasteiger partial charge on any atom is -0.288 e. The maximum absolute atomic E-state index is 10.9. The van der Waals surface area contributed by atoms with E-state index in [1.807, 2.05) is 6.07 Å². The lowest BCUT2D eigenvalue weighted by Gasteiger charge is -1.99. The Morgan fingerprint density at radius 2 is 1.93 bits per heavy atom. The molecule has 1 aromatic rings. The molecule has 0 fully saturated rings. The molecular weight excluding hydrogens is 182 g/mol. The number of hydrogen-bond acceptors (Lipinski definition) is 4. The molecule has 0 saturated carbocycles. The summed E-state index contributed by atoms with van der Waals surface area (Å²) in [5.41, 5.74) is 1.87. The number of rotatable bonds is 1. The molecule has 0 aliphatic carbocycles. The average Bonchev–Trinajstić information content (AvgIpc) is 2.26. The van der Waals surface area contributed by atoms with Gasteiger partial charge < -0.3 is 0 Å². The third-order valence-electron chi connectivity index (χ3n) is 1.62. The number of hydrogen-bond donors (Lipinski definition) is 2. The van der Waals surface area contributed by atoms with Crippen molar-refractivity contribution < 1.29 is 10.0 Å². The van der Waals surface area contributed by atoms with Gasteiger partial charge in [0.15, 0.2) is 0 Å². The van der Waals surface area contributed by atoms with Crippen LogP contribution in [0.15, 0.2) is 18.2 Å². The van der Waals surface area contributed by atoms with E-state index in [0.29, 0.717) is 0 Å². The number of carbonyl (C=O) groups excluding carboxylic acids is 1. The zero-order valence-corrected chi connectivity index (χ0v) is 6.98. The zero-order valence-electron chi connectivity index (χ0n) is 6.98. The summed E-state index contributed by atoms with van der Waals surface area (Å²) in [4.78, 5) is 10.9. The topological polar surface area (TPSA) is 96.9 Å². The first kappa shape index (κ1) is 9.72. The summed E-state index contributed by atoms with van der Waals surface area (Å²) in [6.07, 6.45) is 0. The molecule has 5 heteroatoms. The maximum Gasteiger partial charge on any atom is 0.274 e. The largest absolute Gasteiger partial charge is 0.288 e. The summed E-state index contributed by atoms with van der Waals surface area (Å²) in [5.74, 6) is -0.717. The van der Waals surface area contributed by atoms with Crippen molar-refractivity contribution in [1.29, 1.82) is 10.5 Å². The van der Waals surface area contributed by atoms with E-state index in [-0.39, 0.29) is 16.7 Å². The molecule has 0 unspecified atom stereocenters. The predicted octanol–water partition coefficient (Wildman–Crippen LogP) is 0.549. The predicted molar refractivity (Wildman–Crippen MR) is 45.1 cm³/mol. The molecular formula is C9H5N3O2. The first-order valence-corrected chi connectivity index (χ1v) is 3.61. The van der Waals surface area contributed by atoms with E-state index in [1.165, 1.54) is 23.7 Å². The number of nitrogens with one attached hydrogen (secondary N) is 1. The van der Waals surface area contributed by atoms with Crippen LogP contribution in [0.2, 0.25) is 0 Å². The highest BCUT2D eigenvalue weighted by atomic mass is 16.5. The van der Waals surface area contributed by atoms with Crippen LogP contribution >= 0.6 is 0 Å². The van der Waals surface area contributed by atoms with Crippen LogP contribution in [0, 0.1) is 22.7 Å². The Balaban J connectivity index is 3.24. The molecule has 0 atom stereocenters. The summed E-state index contributed by atoms with van der Waals surface area (Å²) < 4.78 is 0. The minimum absolute atomic E-state index is 0.105. The average molecular weight is 187 g/mol. The van der Waals surface area contributed by atoms with E-state index in [0.717, 1.165) is 0 Å². The molecule has 5 nitrogen and oxygen atoms in total. The molecule has 0 radical (unpaired) electrons. The third-order valence-corrected chi connectivity index (χ3v) is 1.62. The molecule has 0 bridgehead atoms. The molecule has 1 rings (SSSR count). The van der Waals surface area contributed by atoms with Crippen molar-refractivity contribution in [3.8, 4) is 12.1 Å². The SMILES string of the molecule is N#Cc1ccc(C(=O)NO)cc1C#N. The first-order valence-electron chi connectivity index (χ1n) is 3.61. The molecule has 1 aromatic carbocycles. The molecule has 2 N–H and O–H groups in total. The minimum atomic E-state index is -0.717. The Labute approximate surface area is 79.8 Å². The van der Waals surface area contributed by atoms with Crippen molar-refractivity contribution in [1.82, 2.24) is 5.48 Å². The Bertz CT molecular complexity index is 454. The van der Waals surface area contributed by atoms with Gasteiger partial charge in [0, 0.05) is 5.56 Å². The van der Waals surface area contributed by atoms with Gasteiger partial charge in [-0.2, -0.15) is 10.5 Å². The quantitative estimate of drug-likeness (QED) is 0.495. The van der Waals surface area contributed by atoms with E-state index in [1.54, 1.807) is 6.07 Å². The molecule has 0 spiro atoms. The lowest BCUT2D eigenvalue weighted by atomic mass is 10.1. The van der Waals surface area contributed by atoms with Crippen molar-refractivity contribution in [3.05, 3.63) is 34.9 Å². The highest BCUT2D eigenvalue weighted by molar-refractivity contribution is 5.93. The Hall–Kier alpha value is -2.37. The number of nitrogens with zero attached hydrogens (tertiary/aromatic N) is 2. The lowest BCUT2D eigenvalue weighted by Crippen LogP contribution is -2.18. The van der Waals surface area contributed by atoms with E-state index >= 15 is 0 Å². The van der Waals surface area contributed by atoms with Crippen LogP contribution in [-0.2, 0) is 0 Å². The van der Waals surface area contributed by atoms with Gasteiger partial charge >= 0.3 is 0 Å². The second kappa shape index (κ2) is 4.04. The Morgan fingerprint density at radius 3 is 2.43 bits per heavy atom. The number of amides is 1. The maximum atomic E-state index is 10.9.